The van der Waals surface area contributed by atoms with Gasteiger partial charge in [0.2, 0.25) is 0 Å². The largest absolute Gasteiger partial charge is 0.478 e. The van der Waals surface area contributed by atoms with Gasteiger partial charge in [0.1, 0.15) is 6.61 Å². The lowest BCUT2D eigenvalue weighted by atomic mass is 9.98. The minimum absolute atomic E-state index is 0.00450. The van der Waals surface area contributed by atoms with Gasteiger partial charge in [-0.1, -0.05) is 91.0 Å². The van der Waals surface area contributed by atoms with Crippen molar-refractivity contribution in [3.8, 4) is 22.3 Å². The van der Waals surface area contributed by atoms with Crippen molar-refractivity contribution in [1.82, 2.24) is 0 Å². The molecule has 0 fully saturated rings. The van der Waals surface area contributed by atoms with Crippen molar-refractivity contribution in [2.24, 2.45) is 0 Å². The number of hydrogen-bond donors (Lipinski definition) is 2. The van der Waals surface area contributed by atoms with Crippen molar-refractivity contribution in [2.75, 3.05) is 11.9 Å². The monoisotopic (exact) mass is 435 g/mol. The number of hydrogen-bond acceptors (Lipinski definition) is 3. The number of aromatic carboxylic acids is 1. The van der Waals surface area contributed by atoms with Crippen LogP contribution in [0.1, 0.15) is 27.4 Å². The first-order valence-electron chi connectivity index (χ1n) is 10.7. The third-order valence-electron chi connectivity index (χ3n) is 5.95. The fraction of sp³-hybridized carbons (Fsp3) is 0.0714. The van der Waals surface area contributed by atoms with Crippen LogP contribution in [0.25, 0.3) is 22.3 Å². The normalized spacial score (nSPS) is 12.0. The number of nitrogens with one attached hydrogen (secondary N) is 1. The summed E-state index contributed by atoms with van der Waals surface area (Å²) in [5, 5.41) is 12.4. The molecule has 0 aromatic heterocycles. The second-order valence-corrected chi connectivity index (χ2v) is 7.85. The fourth-order valence-corrected chi connectivity index (χ4v) is 4.46. The zero-order valence-corrected chi connectivity index (χ0v) is 17.7. The summed E-state index contributed by atoms with van der Waals surface area (Å²) in [6, 6.07) is 30.4. The quantitative estimate of drug-likeness (QED) is 0.380. The molecule has 0 aliphatic heterocycles. The van der Waals surface area contributed by atoms with E-state index in [1.54, 1.807) is 12.1 Å². The highest BCUT2D eigenvalue weighted by Crippen LogP contribution is 2.44. The number of amides is 1. The molecule has 0 atom stereocenters. The van der Waals surface area contributed by atoms with Crippen LogP contribution in [0.2, 0.25) is 0 Å². The lowest BCUT2D eigenvalue weighted by molar-refractivity contribution is 0.0698. The second kappa shape index (κ2) is 8.63. The Bertz CT molecular complexity index is 1300. The lowest BCUT2D eigenvalue weighted by Gasteiger charge is -2.17. The van der Waals surface area contributed by atoms with Crippen molar-refractivity contribution < 1.29 is 19.4 Å². The molecule has 5 nitrogen and oxygen atoms in total. The molecule has 1 aliphatic carbocycles. The summed E-state index contributed by atoms with van der Waals surface area (Å²) in [5.74, 6) is -1.20. The lowest BCUT2D eigenvalue weighted by Crippen LogP contribution is -2.20. The van der Waals surface area contributed by atoms with Crippen molar-refractivity contribution in [2.45, 2.75) is 5.92 Å². The van der Waals surface area contributed by atoms with Gasteiger partial charge in [-0.15, -0.1) is 0 Å². The molecule has 0 spiro atoms. The van der Waals surface area contributed by atoms with Crippen LogP contribution in [0, 0.1) is 0 Å². The van der Waals surface area contributed by atoms with Gasteiger partial charge in [0.15, 0.2) is 0 Å². The van der Waals surface area contributed by atoms with E-state index in [4.69, 9.17) is 4.74 Å². The average Bonchev–Trinajstić information content (AvgIpc) is 3.17. The summed E-state index contributed by atoms with van der Waals surface area (Å²) < 4.78 is 5.63. The third kappa shape index (κ3) is 3.85. The van der Waals surface area contributed by atoms with E-state index in [1.165, 1.54) is 6.07 Å². The molecule has 0 saturated heterocycles. The van der Waals surface area contributed by atoms with E-state index < -0.39 is 12.1 Å². The van der Waals surface area contributed by atoms with Gasteiger partial charge in [0.05, 0.1) is 11.3 Å². The van der Waals surface area contributed by atoms with Gasteiger partial charge in [0, 0.05) is 11.5 Å². The molecule has 1 aliphatic rings. The summed E-state index contributed by atoms with van der Waals surface area (Å²) in [5.41, 5.74) is 6.15. The number of ether oxygens (including phenoxy) is 1. The van der Waals surface area contributed by atoms with E-state index in [1.807, 2.05) is 54.6 Å². The van der Waals surface area contributed by atoms with Crippen LogP contribution in [-0.2, 0) is 4.74 Å². The molecule has 162 valence electrons. The zero-order valence-electron chi connectivity index (χ0n) is 17.7. The third-order valence-corrected chi connectivity index (χ3v) is 5.95. The Morgan fingerprint density at radius 2 is 1.30 bits per heavy atom. The number of anilines is 1. The summed E-state index contributed by atoms with van der Waals surface area (Å²) in [6.45, 7) is 0.149. The van der Waals surface area contributed by atoms with Gasteiger partial charge in [-0.05, 0) is 33.9 Å². The summed E-state index contributed by atoms with van der Waals surface area (Å²) in [4.78, 5) is 24.7. The van der Waals surface area contributed by atoms with Gasteiger partial charge in [-0.3, -0.25) is 5.32 Å². The van der Waals surface area contributed by atoms with Crippen molar-refractivity contribution in [3.63, 3.8) is 0 Å². The number of carbonyl (C=O) groups is 2. The second-order valence-electron chi connectivity index (χ2n) is 7.85. The van der Waals surface area contributed by atoms with Crippen molar-refractivity contribution in [1.29, 1.82) is 0 Å². The van der Waals surface area contributed by atoms with Gasteiger partial charge < -0.3 is 9.84 Å². The Labute approximate surface area is 191 Å². The van der Waals surface area contributed by atoms with Gasteiger partial charge in [-0.25, -0.2) is 9.59 Å². The molecule has 5 heteroatoms. The van der Waals surface area contributed by atoms with Gasteiger partial charge in [0.25, 0.3) is 0 Å². The standard InChI is InChI=1S/C28H21NO4/c30-27(31)24-16-8-15-19(18-9-2-1-3-10-18)26(24)29-28(32)33-17-25-22-13-6-4-11-20(22)21-12-5-7-14-23(21)25/h1-16,25H,17H2,(H,29,32)(H,30,31). The summed E-state index contributed by atoms with van der Waals surface area (Å²) >= 11 is 0. The molecule has 0 unspecified atom stereocenters. The van der Waals surface area contributed by atoms with Crippen LogP contribution < -0.4 is 5.32 Å². The summed E-state index contributed by atoms with van der Waals surface area (Å²) in [7, 11) is 0. The molecule has 4 aromatic carbocycles. The van der Waals surface area contributed by atoms with E-state index in [0.717, 1.165) is 27.8 Å². The van der Waals surface area contributed by atoms with Crippen LogP contribution >= 0.6 is 0 Å². The van der Waals surface area contributed by atoms with Crippen molar-refractivity contribution >= 4 is 17.7 Å². The van der Waals surface area contributed by atoms with Crippen molar-refractivity contribution in [3.05, 3.63) is 114 Å². The van der Waals surface area contributed by atoms with E-state index in [-0.39, 0.29) is 23.8 Å². The number of benzene rings is 4. The first-order chi connectivity index (χ1) is 16.1. The molecule has 5 rings (SSSR count). The van der Waals surface area contributed by atoms with Crippen LogP contribution in [-0.4, -0.2) is 23.8 Å². The minimum Gasteiger partial charge on any atom is -0.478 e. The van der Waals surface area contributed by atoms with Gasteiger partial charge in [-0.2, -0.15) is 0 Å². The maximum Gasteiger partial charge on any atom is 0.411 e. The summed E-state index contributed by atoms with van der Waals surface area (Å²) in [6.07, 6.45) is -0.692. The molecule has 0 bridgehead atoms. The smallest absolute Gasteiger partial charge is 0.411 e. The van der Waals surface area contributed by atoms with E-state index >= 15 is 0 Å². The molecule has 0 saturated carbocycles. The SMILES string of the molecule is O=C(Nc1c(C(=O)O)cccc1-c1ccccc1)OCC1c2ccccc2-c2ccccc21. The Morgan fingerprint density at radius 1 is 0.727 bits per heavy atom. The maximum absolute atomic E-state index is 12.8. The topological polar surface area (TPSA) is 75.6 Å². The predicted molar refractivity (Wildman–Crippen MR) is 128 cm³/mol. The Hall–Kier alpha value is -4.38. The predicted octanol–water partition coefficient (Wildman–Crippen LogP) is 6.41. The van der Waals surface area contributed by atoms with Gasteiger partial charge >= 0.3 is 12.1 Å². The Morgan fingerprint density at radius 3 is 1.94 bits per heavy atom. The highest BCUT2D eigenvalue weighted by Gasteiger charge is 2.29. The first-order valence-corrected chi connectivity index (χ1v) is 10.7. The Balaban J connectivity index is 1.40. The molecule has 4 aromatic rings. The molecule has 0 radical (unpaired) electrons. The first kappa shape index (κ1) is 20.5. The molecule has 33 heavy (non-hydrogen) atoms. The molecule has 2 N–H and O–H groups in total. The van der Waals surface area contributed by atoms with Crippen LogP contribution in [0.4, 0.5) is 10.5 Å². The highest BCUT2D eigenvalue weighted by atomic mass is 16.5. The van der Waals surface area contributed by atoms with E-state index in [0.29, 0.717) is 5.56 Å². The number of carboxylic acid groups (broad SMARTS) is 1. The zero-order chi connectivity index (χ0) is 22.8. The van der Waals surface area contributed by atoms with Crippen LogP contribution in [0.15, 0.2) is 97.1 Å². The number of rotatable bonds is 5. The average molecular weight is 435 g/mol. The Kier molecular flexibility index (Phi) is 5.37. The molecular formula is C28H21NO4. The number of carboxylic acids is 1. The minimum atomic E-state index is -1.12. The fourth-order valence-electron chi connectivity index (χ4n) is 4.46. The number of para-hydroxylation sites is 1. The number of carbonyl (C=O) groups excluding carboxylic acids is 1. The number of fused-ring (bicyclic) bond motifs is 3. The molecular weight excluding hydrogens is 414 g/mol. The highest BCUT2D eigenvalue weighted by molar-refractivity contribution is 6.03. The molecule has 1 amide bonds. The van der Waals surface area contributed by atoms with E-state index in [9.17, 15) is 14.7 Å². The van der Waals surface area contributed by atoms with E-state index in [2.05, 4.69) is 29.6 Å². The van der Waals surface area contributed by atoms with Crippen LogP contribution in [0.3, 0.4) is 0 Å². The molecule has 0 heterocycles. The maximum atomic E-state index is 12.8. The van der Waals surface area contributed by atoms with Crippen LogP contribution in [0.5, 0.6) is 0 Å².